The molecule has 5 atom stereocenters. The molecule has 0 aliphatic rings. The van der Waals surface area contributed by atoms with E-state index in [0.29, 0.717) is 25.7 Å². The van der Waals surface area contributed by atoms with Crippen molar-refractivity contribution in [3.05, 3.63) is 48.6 Å². The molecule has 0 bridgehead atoms. The van der Waals surface area contributed by atoms with Crippen LogP contribution in [-0.4, -0.2) is 96.7 Å². The number of phosphoric acid groups is 2. The molecule has 0 spiro atoms. The van der Waals surface area contributed by atoms with Gasteiger partial charge in [0, 0.05) is 25.7 Å². The average Bonchev–Trinajstić information content (AvgIpc) is 2.36. The van der Waals surface area contributed by atoms with Gasteiger partial charge in [0.2, 0.25) is 0 Å². The zero-order valence-corrected chi connectivity index (χ0v) is 61.7. The fourth-order valence-electron chi connectivity index (χ4n) is 10.5. The van der Waals surface area contributed by atoms with E-state index in [-0.39, 0.29) is 25.7 Å². The van der Waals surface area contributed by atoms with Gasteiger partial charge in [0.25, 0.3) is 0 Å². The molecule has 0 saturated carbocycles. The van der Waals surface area contributed by atoms with E-state index in [1.54, 1.807) is 0 Å². The quantitative estimate of drug-likeness (QED) is 0.0169. The molecule has 0 aliphatic carbocycles. The van der Waals surface area contributed by atoms with Crippen molar-refractivity contribution in [2.24, 2.45) is 0 Å². The minimum atomic E-state index is -4.97. The van der Waals surface area contributed by atoms with Crippen molar-refractivity contribution in [3.63, 3.8) is 0 Å². The number of aliphatic hydroxyl groups excluding tert-OH is 1. The Hall–Kier alpha value is -2.98. The first-order valence-electron chi connectivity index (χ1n) is 37.9. The largest absolute Gasteiger partial charge is 0.472 e. The summed E-state index contributed by atoms with van der Waals surface area (Å²) in [6.07, 6.45) is 63.8. The minimum absolute atomic E-state index is 0.0786. The second-order valence-corrected chi connectivity index (χ2v) is 28.6. The number of esters is 4. The van der Waals surface area contributed by atoms with Crippen LogP contribution in [0.4, 0.5) is 0 Å². The molecular formula is C75H138O17P2. The van der Waals surface area contributed by atoms with E-state index in [4.69, 9.17) is 37.0 Å². The van der Waals surface area contributed by atoms with Gasteiger partial charge in [-0.3, -0.25) is 37.3 Å². The van der Waals surface area contributed by atoms with Crippen molar-refractivity contribution in [3.8, 4) is 0 Å². The summed E-state index contributed by atoms with van der Waals surface area (Å²) >= 11 is 0. The van der Waals surface area contributed by atoms with Crippen molar-refractivity contribution in [1.29, 1.82) is 0 Å². The number of hydrogen-bond donors (Lipinski definition) is 3. The summed E-state index contributed by atoms with van der Waals surface area (Å²) in [4.78, 5) is 72.7. The van der Waals surface area contributed by atoms with Crippen LogP contribution in [0.15, 0.2) is 48.6 Å². The lowest BCUT2D eigenvalue weighted by Gasteiger charge is -2.21. The van der Waals surface area contributed by atoms with Gasteiger partial charge in [-0.15, -0.1) is 0 Å². The molecule has 0 amide bonds. The van der Waals surface area contributed by atoms with Gasteiger partial charge >= 0.3 is 39.5 Å². The molecule has 0 saturated heterocycles. The Bertz CT molecular complexity index is 1980. The van der Waals surface area contributed by atoms with Crippen molar-refractivity contribution < 1.29 is 80.2 Å². The molecule has 0 heterocycles. The number of ether oxygens (including phenoxy) is 4. The summed E-state index contributed by atoms with van der Waals surface area (Å²) in [6.45, 7) is 4.85. The van der Waals surface area contributed by atoms with E-state index in [9.17, 15) is 43.2 Å². The number of aliphatic hydroxyl groups is 1. The highest BCUT2D eigenvalue weighted by atomic mass is 31.2. The Morgan fingerprint density at radius 3 is 0.777 bits per heavy atom. The summed E-state index contributed by atoms with van der Waals surface area (Å²) in [6, 6.07) is 0. The molecule has 0 aromatic heterocycles. The number of carbonyl (C=O) groups is 4. The van der Waals surface area contributed by atoms with Gasteiger partial charge in [-0.1, -0.05) is 295 Å². The van der Waals surface area contributed by atoms with Crippen molar-refractivity contribution >= 4 is 39.5 Å². The predicted molar refractivity (Wildman–Crippen MR) is 381 cm³/mol. The van der Waals surface area contributed by atoms with Crippen LogP contribution in [0.3, 0.4) is 0 Å². The number of phosphoric ester groups is 2. The highest BCUT2D eigenvalue weighted by Crippen LogP contribution is 2.45. The van der Waals surface area contributed by atoms with Crippen LogP contribution >= 0.6 is 15.6 Å². The van der Waals surface area contributed by atoms with Crippen molar-refractivity contribution in [2.75, 3.05) is 39.6 Å². The Morgan fingerprint density at radius 1 is 0.298 bits per heavy atom. The van der Waals surface area contributed by atoms with E-state index >= 15 is 0 Å². The molecule has 2 unspecified atom stereocenters. The fourth-order valence-corrected chi connectivity index (χ4v) is 12.1. The molecule has 94 heavy (non-hydrogen) atoms. The molecule has 19 heteroatoms. The molecule has 0 aliphatic heterocycles. The normalized spacial score (nSPS) is 14.2. The average molecular weight is 1370 g/mol. The van der Waals surface area contributed by atoms with Gasteiger partial charge in [-0.05, 0) is 77.0 Å². The van der Waals surface area contributed by atoms with E-state index in [1.165, 1.54) is 148 Å². The SMILES string of the molecule is CCCCCC/C=C\C=C/CCCCCCCC(=O)OC[C@H](COP(=O)(O)OC[C@@H](O)COP(=O)(O)OC[C@@H](COC(=O)CCCCCCCCCCCCC)OC(=O)CCCCCCCCCCCCCCC)OC(=O)CCCCCCC/C=C\C=C/CCCCCC. The predicted octanol–water partition coefficient (Wildman–Crippen LogP) is 21.3. The van der Waals surface area contributed by atoms with Crippen molar-refractivity contribution in [2.45, 2.75) is 367 Å². The second-order valence-electron chi connectivity index (χ2n) is 25.7. The number of carbonyl (C=O) groups excluding carboxylic acids is 4. The number of allylic oxidation sites excluding steroid dienone is 8. The summed E-state index contributed by atoms with van der Waals surface area (Å²) < 4.78 is 68.4. The van der Waals surface area contributed by atoms with Gasteiger partial charge in [-0.25, -0.2) is 9.13 Å². The van der Waals surface area contributed by atoms with Crippen LogP contribution in [0.2, 0.25) is 0 Å². The highest BCUT2D eigenvalue weighted by Gasteiger charge is 2.30. The van der Waals surface area contributed by atoms with Crippen LogP contribution < -0.4 is 0 Å². The number of hydrogen-bond acceptors (Lipinski definition) is 15. The molecule has 0 aromatic rings. The standard InChI is InChI=1S/C75H138O17P2/c1-5-9-13-17-21-25-29-32-34-37-40-44-48-52-56-60-73(78)86-66-71(92-75(80)62-58-54-50-46-42-38-35-33-30-26-22-18-14-10-6-2)68-90-94(83,84)88-64-69(76)63-87-93(81,82)89-67-70(65-85-72(77)59-55-51-47-43-39-28-24-20-16-12-8-4)91-74(79)61-57-53-49-45-41-36-31-27-23-19-15-11-7-3/h25-26,29-30,32-35,69-71,76H,5-24,27-28,31,36-68H2,1-4H3,(H,81,82)(H,83,84)/b29-25-,30-26-,34-32-,35-33-/t69-,70+,71+/m0/s1. The first kappa shape index (κ1) is 91.0. The molecular weight excluding hydrogens is 1230 g/mol. The Labute approximate surface area is 572 Å². The lowest BCUT2D eigenvalue weighted by molar-refractivity contribution is -0.161. The Morgan fingerprint density at radius 2 is 0.511 bits per heavy atom. The van der Waals surface area contributed by atoms with Gasteiger partial charge in [-0.2, -0.15) is 0 Å². The summed E-state index contributed by atoms with van der Waals surface area (Å²) in [5, 5.41) is 10.6. The Kier molecular flexibility index (Phi) is 66.4. The zero-order chi connectivity index (χ0) is 69.0. The van der Waals surface area contributed by atoms with E-state index in [0.717, 1.165) is 122 Å². The topological polar surface area (TPSA) is 237 Å². The molecule has 0 fully saturated rings. The smallest absolute Gasteiger partial charge is 0.462 e. The number of rotatable bonds is 72. The first-order chi connectivity index (χ1) is 45.7. The van der Waals surface area contributed by atoms with Crippen LogP contribution in [0.25, 0.3) is 0 Å². The third-order valence-corrected chi connectivity index (χ3v) is 18.3. The summed E-state index contributed by atoms with van der Waals surface area (Å²) in [5.41, 5.74) is 0. The van der Waals surface area contributed by atoms with E-state index in [2.05, 4.69) is 76.3 Å². The van der Waals surface area contributed by atoms with E-state index in [1.807, 2.05) is 0 Å². The molecule has 17 nitrogen and oxygen atoms in total. The van der Waals surface area contributed by atoms with Gasteiger partial charge in [0.1, 0.15) is 19.3 Å². The van der Waals surface area contributed by atoms with Crippen molar-refractivity contribution in [1.82, 2.24) is 0 Å². The number of unbranched alkanes of at least 4 members (excludes halogenated alkanes) is 40. The van der Waals surface area contributed by atoms with Gasteiger partial charge in [0.05, 0.1) is 26.4 Å². The van der Waals surface area contributed by atoms with Crippen LogP contribution in [0.5, 0.6) is 0 Å². The maximum absolute atomic E-state index is 13.1. The molecule has 3 N–H and O–H groups in total. The van der Waals surface area contributed by atoms with Crippen LogP contribution in [-0.2, 0) is 65.4 Å². The lowest BCUT2D eigenvalue weighted by atomic mass is 10.0. The van der Waals surface area contributed by atoms with Gasteiger partial charge < -0.3 is 33.8 Å². The monoisotopic (exact) mass is 1370 g/mol. The molecule has 0 radical (unpaired) electrons. The highest BCUT2D eigenvalue weighted by molar-refractivity contribution is 7.47. The Balaban J connectivity index is 5.33. The maximum Gasteiger partial charge on any atom is 0.472 e. The lowest BCUT2D eigenvalue weighted by Crippen LogP contribution is -2.30. The summed E-state index contributed by atoms with van der Waals surface area (Å²) in [7, 11) is -9.93. The molecule has 550 valence electrons. The van der Waals surface area contributed by atoms with E-state index < -0.39 is 97.5 Å². The zero-order valence-electron chi connectivity index (χ0n) is 59.9. The van der Waals surface area contributed by atoms with Crippen LogP contribution in [0.1, 0.15) is 349 Å². The first-order valence-corrected chi connectivity index (χ1v) is 40.9. The minimum Gasteiger partial charge on any atom is -0.462 e. The summed E-state index contributed by atoms with van der Waals surface area (Å²) in [5.74, 6) is -2.17. The fraction of sp³-hybridized carbons (Fsp3) is 0.840. The van der Waals surface area contributed by atoms with Crippen LogP contribution in [0, 0.1) is 0 Å². The molecule has 0 rings (SSSR count). The maximum atomic E-state index is 13.1. The third kappa shape index (κ3) is 67.6. The third-order valence-electron chi connectivity index (χ3n) is 16.4. The van der Waals surface area contributed by atoms with Gasteiger partial charge in [0.15, 0.2) is 12.2 Å². The second kappa shape index (κ2) is 68.5. The molecule has 0 aromatic carbocycles.